The summed E-state index contributed by atoms with van der Waals surface area (Å²) >= 11 is 3.51. The van der Waals surface area contributed by atoms with E-state index >= 15 is 0 Å². The summed E-state index contributed by atoms with van der Waals surface area (Å²) in [4.78, 5) is 13.7. The van der Waals surface area contributed by atoms with E-state index in [9.17, 15) is 4.79 Å². The van der Waals surface area contributed by atoms with E-state index in [1.165, 1.54) is 18.4 Å². The molecule has 1 aromatic carbocycles. The molecular formula is C14H22BrN3O. The van der Waals surface area contributed by atoms with Crippen LogP contribution >= 0.6 is 15.9 Å². The minimum Gasteiger partial charge on any atom is -0.299 e. The van der Waals surface area contributed by atoms with Gasteiger partial charge in [0.05, 0.1) is 0 Å². The highest BCUT2D eigenvalue weighted by molar-refractivity contribution is 9.10. The van der Waals surface area contributed by atoms with Crippen molar-refractivity contribution in [3.63, 3.8) is 0 Å². The van der Waals surface area contributed by atoms with Crippen molar-refractivity contribution in [3.05, 3.63) is 33.8 Å². The van der Waals surface area contributed by atoms with Gasteiger partial charge in [-0.05, 0) is 38.1 Å². The number of hydrogen-bond donors (Lipinski definition) is 2. The van der Waals surface area contributed by atoms with Gasteiger partial charge in [0.25, 0.3) is 5.91 Å². The van der Waals surface area contributed by atoms with E-state index in [1.807, 2.05) is 6.07 Å². The molecule has 0 spiro atoms. The van der Waals surface area contributed by atoms with Gasteiger partial charge in [-0.15, -0.1) is 0 Å². The highest BCUT2D eigenvalue weighted by atomic mass is 79.9. The van der Waals surface area contributed by atoms with Crippen LogP contribution in [0.25, 0.3) is 0 Å². The van der Waals surface area contributed by atoms with Crippen LogP contribution in [0.5, 0.6) is 0 Å². The first kappa shape index (κ1) is 16.1. The third-order valence-corrected chi connectivity index (χ3v) is 4.06. The molecule has 1 unspecified atom stereocenters. The number of nitrogen functional groups attached to an aromatic ring is 1. The molecule has 5 heteroatoms. The summed E-state index contributed by atoms with van der Waals surface area (Å²) in [5.41, 5.74) is 3.86. The fourth-order valence-electron chi connectivity index (χ4n) is 1.96. The van der Waals surface area contributed by atoms with Crippen molar-refractivity contribution >= 4 is 21.8 Å². The molecule has 0 saturated heterocycles. The van der Waals surface area contributed by atoms with Gasteiger partial charge in [-0.2, -0.15) is 0 Å². The fraction of sp³-hybridized carbons (Fsp3) is 0.500. The Balaban J connectivity index is 2.77. The molecule has 1 amide bonds. The number of halogens is 1. The lowest BCUT2D eigenvalue weighted by molar-refractivity contribution is 0.0953. The Hall–Kier alpha value is -0.910. The molecule has 0 heterocycles. The van der Waals surface area contributed by atoms with Crippen LogP contribution in [-0.4, -0.2) is 23.9 Å². The van der Waals surface area contributed by atoms with Crippen LogP contribution in [0.4, 0.5) is 0 Å². The molecule has 4 nitrogen and oxygen atoms in total. The van der Waals surface area contributed by atoms with Gasteiger partial charge in [0.1, 0.15) is 0 Å². The Morgan fingerprint density at radius 2 is 2.21 bits per heavy atom. The zero-order chi connectivity index (χ0) is 14.4. The lowest BCUT2D eigenvalue weighted by Crippen LogP contribution is -2.30. The molecule has 0 aromatic heterocycles. The second kappa shape index (κ2) is 7.62. The number of nitrogens with zero attached hydrogens (tertiary/aromatic N) is 1. The molecule has 3 N–H and O–H groups in total. The quantitative estimate of drug-likeness (QED) is 0.479. The zero-order valence-electron chi connectivity index (χ0n) is 11.7. The van der Waals surface area contributed by atoms with Gasteiger partial charge in [-0.3, -0.25) is 15.1 Å². The van der Waals surface area contributed by atoms with Crippen molar-refractivity contribution < 1.29 is 4.79 Å². The smallest absolute Gasteiger partial charge is 0.265 e. The van der Waals surface area contributed by atoms with Gasteiger partial charge in [0, 0.05) is 22.6 Å². The molecule has 19 heavy (non-hydrogen) atoms. The van der Waals surface area contributed by atoms with E-state index in [1.54, 1.807) is 12.1 Å². The van der Waals surface area contributed by atoms with Crippen molar-refractivity contribution in [1.82, 2.24) is 10.3 Å². The van der Waals surface area contributed by atoms with Crippen molar-refractivity contribution in [1.29, 1.82) is 0 Å². The lowest BCUT2D eigenvalue weighted by atomic mass is 10.1. The summed E-state index contributed by atoms with van der Waals surface area (Å²) in [6.45, 7) is 5.28. The number of nitrogens with two attached hydrogens (primary N) is 1. The van der Waals surface area contributed by atoms with Crippen molar-refractivity contribution in [2.75, 3.05) is 7.05 Å². The molecule has 1 atom stereocenters. The molecule has 0 aliphatic rings. The molecule has 0 saturated carbocycles. The maximum atomic E-state index is 11.4. The minimum absolute atomic E-state index is 0.278. The standard InChI is InChI=1S/C14H22BrN3O/c1-4-5-10(2)18(3)9-12-7-6-11(8-13(12)15)14(19)17-16/h6-8,10H,4-5,9,16H2,1-3H3,(H,17,19). The SMILES string of the molecule is CCCC(C)N(C)Cc1ccc(C(=O)NN)cc1Br. The first-order chi connectivity index (χ1) is 8.99. The van der Waals surface area contributed by atoms with Crippen LogP contribution < -0.4 is 11.3 Å². The summed E-state index contributed by atoms with van der Waals surface area (Å²) in [5.74, 6) is 4.85. The summed E-state index contributed by atoms with van der Waals surface area (Å²) in [7, 11) is 2.12. The van der Waals surface area contributed by atoms with E-state index < -0.39 is 0 Å². The summed E-state index contributed by atoms with van der Waals surface area (Å²) in [6, 6.07) is 6.10. The number of nitrogens with one attached hydrogen (secondary N) is 1. The molecular weight excluding hydrogens is 306 g/mol. The Bertz CT molecular complexity index is 437. The monoisotopic (exact) mass is 327 g/mol. The molecule has 1 aromatic rings. The molecule has 106 valence electrons. The summed E-state index contributed by atoms with van der Waals surface area (Å²) in [5, 5.41) is 0. The number of benzene rings is 1. The number of hydrazine groups is 1. The Kier molecular flexibility index (Phi) is 6.48. The number of rotatable bonds is 6. The molecule has 1 rings (SSSR count). The van der Waals surface area contributed by atoms with Gasteiger partial charge >= 0.3 is 0 Å². The average molecular weight is 328 g/mol. The maximum Gasteiger partial charge on any atom is 0.265 e. The maximum absolute atomic E-state index is 11.4. The predicted octanol–water partition coefficient (Wildman–Crippen LogP) is 2.67. The highest BCUT2D eigenvalue weighted by Crippen LogP contribution is 2.21. The van der Waals surface area contributed by atoms with Crippen LogP contribution in [0.15, 0.2) is 22.7 Å². The topological polar surface area (TPSA) is 58.4 Å². The van der Waals surface area contributed by atoms with Crippen molar-refractivity contribution in [3.8, 4) is 0 Å². The highest BCUT2D eigenvalue weighted by Gasteiger charge is 2.12. The number of carbonyl (C=O) groups excluding carboxylic acids is 1. The number of amides is 1. The first-order valence-corrected chi connectivity index (χ1v) is 7.28. The molecule has 0 aliphatic carbocycles. The predicted molar refractivity (Wildman–Crippen MR) is 81.6 cm³/mol. The van der Waals surface area contributed by atoms with Crippen LogP contribution in [0.1, 0.15) is 42.6 Å². The van der Waals surface area contributed by atoms with Crippen molar-refractivity contribution in [2.45, 2.75) is 39.3 Å². The Morgan fingerprint density at radius 3 is 2.74 bits per heavy atom. The van der Waals surface area contributed by atoms with Crippen LogP contribution in [0.2, 0.25) is 0 Å². The van der Waals surface area contributed by atoms with E-state index in [4.69, 9.17) is 5.84 Å². The number of hydrogen-bond acceptors (Lipinski definition) is 3. The molecule has 0 bridgehead atoms. The third kappa shape index (κ3) is 4.60. The van der Waals surface area contributed by atoms with Gasteiger partial charge in [0.15, 0.2) is 0 Å². The Morgan fingerprint density at radius 1 is 1.53 bits per heavy atom. The van der Waals surface area contributed by atoms with Crippen LogP contribution in [0, 0.1) is 0 Å². The summed E-state index contributed by atoms with van der Waals surface area (Å²) in [6.07, 6.45) is 2.37. The van der Waals surface area contributed by atoms with Gasteiger partial charge in [0.2, 0.25) is 0 Å². The molecule has 0 radical (unpaired) electrons. The van der Waals surface area contributed by atoms with Gasteiger partial charge < -0.3 is 0 Å². The largest absolute Gasteiger partial charge is 0.299 e. The summed E-state index contributed by atoms with van der Waals surface area (Å²) < 4.78 is 0.934. The van der Waals surface area contributed by atoms with Gasteiger partial charge in [-0.1, -0.05) is 35.3 Å². The average Bonchev–Trinajstić information content (AvgIpc) is 2.40. The van der Waals surface area contributed by atoms with E-state index in [0.29, 0.717) is 11.6 Å². The third-order valence-electron chi connectivity index (χ3n) is 3.32. The lowest BCUT2D eigenvalue weighted by Gasteiger charge is -2.25. The second-order valence-electron chi connectivity index (χ2n) is 4.83. The van der Waals surface area contributed by atoms with Crippen LogP contribution in [0.3, 0.4) is 0 Å². The molecule has 0 aliphatic heterocycles. The van der Waals surface area contributed by atoms with E-state index in [2.05, 4.69) is 47.2 Å². The van der Waals surface area contributed by atoms with E-state index in [0.717, 1.165) is 11.0 Å². The second-order valence-corrected chi connectivity index (χ2v) is 5.69. The fourth-order valence-corrected chi connectivity index (χ4v) is 2.47. The van der Waals surface area contributed by atoms with Gasteiger partial charge in [-0.25, -0.2) is 5.84 Å². The van der Waals surface area contributed by atoms with Crippen molar-refractivity contribution in [2.24, 2.45) is 5.84 Å². The van der Waals surface area contributed by atoms with Crippen LogP contribution in [-0.2, 0) is 6.54 Å². The number of carbonyl (C=O) groups is 1. The zero-order valence-corrected chi connectivity index (χ0v) is 13.3. The minimum atomic E-state index is -0.278. The Labute approximate surface area is 123 Å². The first-order valence-electron chi connectivity index (χ1n) is 6.49. The van der Waals surface area contributed by atoms with E-state index in [-0.39, 0.29) is 5.91 Å². The molecule has 0 fully saturated rings. The normalized spacial score (nSPS) is 12.5.